The number of Topliss-reactive ketones (excluding diaryl/α,β-unsaturated/α-hetero) is 1. The van der Waals surface area contributed by atoms with E-state index in [-0.39, 0.29) is 5.78 Å². The first-order chi connectivity index (χ1) is 9.08. The summed E-state index contributed by atoms with van der Waals surface area (Å²) >= 11 is 11.3. The summed E-state index contributed by atoms with van der Waals surface area (Å²) < 4.78 is 0. The van der Waals surface area contributed by atoms with E-state index in [2.05, 4.69) is 10.3 Å². The van der Waals surface area contributed by atoms with Crippen molar-refractivity contribution in [1.29, 1.82) is 0 Å². The molecule has 3 nitrogen and oxygen atoms in total. The zero-order valence-corrected chi connectivity index (χ0v) is 11.8. The first-order valence-corrected chi connectivity index (χ1v) is 6.39. The third-order valence-corrected chi connectivity index (χ3v) is 3.18. The molecule has 0 aliphatic heterocycles. The predicted octanol–water partition coefficient (Wildman–Crippen LogP) is 3.73. The van der Waals surface area contributed by atoms with Gasteiger partial charge in [0.1, 0.15) is 10.7 Å². The molecule has 0 radical (unpaired) electrons. The number of thiocarbonyl (C=S) groups is 1. The molecule has 1 aromatic carbocycles. The molecule has 0 aliphatic carbocycles. The molecular weight excluding hydrogens is 280 g/mol. The number of carbonyl (C=O) groups excluding carboxylic acids is 1. The van der Waals surface area contributed by atoms with Crippen LogP contribution in [0.15, 0.2) is 42.6 Å². The van der Waals surface area contributed by atoms with E-state index in [1.165, 1.54) is 6.92 Å². The Morgan fingerprint density at radius 1 is 1.26 bits per heavy atom. The monoisotopic (exact) mass is 290 g/mol. The highest BCUT2D eigenvalue weighted by Crippen LogP contribution is 2.21. The maximum atomic E-state index is 11.1. The number of benzene rings is 1. The van der Waals surface area contributed by atoms with E-state index < -0.39 is 0 Å². The summed E-state index contributed by atoms with van der Waals surface area (Å²) in [7, 11) is 0. The highest BCUT2D eigenvalue weighted by Gasteiger charge is 2.06. The van der Waals surface area contributed by atoms with Gasteiger partial charge in [0.2, 0.25) is 0 Å². The van der Waals surface area contributed by atoms with Crippen LogP contribution in [0.5, 0.6) is 0 Å². The van der Waals surface area contributed by atoms with E-state index in [1.54, 1.807) is 24.4 Å². The Labute approximate surface area is 121 Å². The number of rotatable bonds is 3. The Balaban J connectivity index is 2.16. The van der Waals surface area contributed by atoms with Crippen LogP contribution in [0.3, 0.4) is 0 Å². The number of nitrogens with zero attached hydrogens (tertiary/aromatic N) is 1. The fraction of sp³-hybridized carbons (Fsp3) is 0.0714. The fourth-order valence-corrected chi connectivity index (χ4v) is 1.91. The maximum Gasteiger partial charge on any atom is 0.178 e. The molecule has 5 heteroatoms. The van der Waals surface area contributed by atoms with Gasteiger partial charge in [0.15, 0.2) is 5.78 Å². The van der Waals surface area contributed by atoms with Gasteiger partial charge in [-0.05, 0) is 24.3 Å². The maximum absolute atomic E-state index is 11.1. The molecule has 0 fully saturated rings. The second-order valence-electron chi connectivity index (χ2n) is 3.92. The van der Waals surface area contributed by atoms with Crippen molar-refractivity contribution in [2.24, 2.45) is 0 Å². The lowest BCUT2D eigenvalue weighted by Crippen LogP contribution is -2.11. The molecule has 1 heterocycles. The van der Waals surface area contributed by atoms with E-state index >= 15 is 0 Å². The zero-order valence-electron chi connectivity index (χ0n) is 10.2. The summed E-state index contributed by atoms with van der Waals surface area (Å²) in [4.78, 5) is 15.7. The lowest BCUT2D eigenvalue weighted by atomic mass is 10.2. The molecule has 2 aromatic rings. The minimum absolute atomic E-state index is 0.0727. The summed E-state index contributed by atoms with van der Waals surface area (Å²) in [6.45, 7) is 1.47. The number of hydrogen-bond donors (Lipinski definition) is 1. The number of hydrogen-bond acceptors (Lipinski definition) is 3. The van der Waals surface area contributed by atoms with Gasteiger partial charge in [0.05, 0.1) is 10.7 Å². The molecule has 0 atom stereocenters. The molecule has 19 heavy (non-hydrogen) atoms. The van der Waals surface area contributed by atoms with E-state index in [4.69, 9.17) is 23.8 Å². The third-order valence-electron chi connectivity index (χ3n) is 2.51. The largest absolute Gasteiger partial charge is 0.345 e. The number of pyridine rings is 1. The molecule has 0 bridgehead atoms. The minimum Gasteiger partial charge on any atom is -0.345 e. The van der Waals surface area contributed by atoms with Crippen LogP contribution in [-0.4, -0.2) is 15.8 Å². The van der Waals surface area contributed by atoms with Crippen molar-refractivity contribution in [1.82, 2.24) is 4.98 Å². The first-order valence-electron chi connectivity index (χ1n) is 5.61. The van der Waals surface area contributed by atoms with Crippen molar-refractivity contribution >= 4 is 40.3 Å². The van der Waals surface area contributed by atoms with Gasteiger partial charge >= 0.3 is 0 Å². The van der Waals surface area contributed by atoms with Crippen LogP contribution in [0.2, 0.25) is 5.02 Å². The van der Waals surface area contributed by atoms with Crippen molar-refractivity contribution in [2.45, 2.75) is 6.92 Å². The Hall–Kier alpha value is -1.78. The van der Waals surface area contributed by atoms with Crippen molar-refractivity contribution in [3.8, 4) is 0 Å². The summed E-state index contributed by atoms with van der Waals surface area (Å²) in [5, 5.41) is 3.65. The van der Waals surface area contributed by atoms with Crippen LogP contribution < -0.4 is 5.32 Å². The second-order valence-corrected chi connectivity index (χ2v) is 4.74. The Morgan fingerprint density at radius 2 is 2.00 bits per heavy atom. The van der Waals surface area contributed by atoms with E-state index in [0.717, 1.165) is 11.3 Å². The average molecular weight is 291 g/mol. The molecule has 1 aromatic heterocycles. The lowest BCUT2D eigenvalue weighted by molar-refractivity contribution is 0.101. The van der Waals surface area contributed by atoms with Gasteiger partial charge in [-0.2, -0.15) is 0 Å². The zero-order chi connectivity index (χ0) is 13.8. The molecule has 0 spiro atoms. The third kappa shape index (κ3) is 3.36. The molecule has 0 saturated carbocycles. The van der Waals surface area contributed by atoms with Gasteiger partial charge in [-0.25, -0.2) is 0 Å². The number of nitrogens with one attached hydrogen (secondary N) is 1. The molecule has 0 aliphatic rings. The van der Waals surface area contributed by atoms with Crippen LogP contribution in [0, 0.1) is 0 Å². The summed E-state index contributed by atoms with van der Waals surface area (Å²) in [5.41, 5.74) is 1.90. The number of para-hydroxylation sites is 1. The summed E-state index contributed by atoms with van der Waals surface area (Å²) in [6, 6.07) is 10.7. The van der Waals surface area contributed by atoms with E-state index in [1.807, 2.05) is 18.2 Å². The van der Waals surface area contributed by atoms with Crippen molar-refractivity contribution in [2.75, 3.05) is 5.32 Å². The van der Waals surface area contributed by atoms with Gasteiger partial charge < -0.3 is 5.32 Å². The summed E-state index contributed by atoms with van der Waals surface area (Å²) in [5.74, 6) is -0.0727. The normalized spacial score (nSPS) is 10.0. The lowest BCUT2D eigenvalue weighted by Gasteiger charge is -2.09. The smallest absolute Gasteiger partial charge is 0.178 e. The van der Waals surface area contributed by atoms with Gasteiger partial charge in [-0.3, -0.25) is 9.78 Å². The Morgan fingerprint density at radius 3 is 2.58 bits per heavy atom. The minimum atomic E-state index is -0.0727. The first kappa shape index (κ1) is 13.6. The standard InChI is InChI=1S/C14H11ClN2OS/c1-9(18)12-7-6-10(8-16-12)14(19)17-13-5-3-2-4-11(13)15/h2-8H,1H3,(H,17,19). The molecule has 0 unspecified atom stereocenters. The van der Waals surface area contributed by atoms with E-state index in [9.17, 15) is 4.79 Å². The van der Waals surface area contributed by atoms with Crippen LogP contribution in [0.1, 0.15) is 23.0 Å². The quantitative estimate of drug-likeness (QED) is 0.691. The molecule has 0 saturated heterocycles. The summed E-state index contributed by atoms with van der Waals surface area (Å²) in [6.07, 6.45) is 1.57. The number of anilines is 1. The second kappa shape index (κ2) is 5.91. The van der Waals surface area contributed by atoms with Crippen LogP contribution in [-0.2, 0) is 0 Å². The van der Waals surface area contributed by atoms with Gasteiger partial charge in [0, 0.05) is 18.7 Å². The van der Waals surface area contributed by atoms with Crippen LogP contribution >= 0.6 is 23.8 Å². The molecule has 2 rings (SSSR count). The predicted molar refractivity (Wildman–Crippen MR) is 81.0 cm³/mol. The van der Waals surface area contributed by atoms with Gasteiger partial charge in [-0.15, -0.1) is 0 Å². The number of aromatic nitrogens is 1. The average Bonchev–Trinajstić information content (AvgIpc) is 2.41. The Kier molecular flexibility index (Phi) is 4.24. The van der Waals surface area contributed by atoms with Crippen LogP contribution in [0.25, 0.3) is 0 Å². The number of carbonyl (C=O) groups is 1. The Bertz CT molecular complexity index is 626. The van der Waals surface area contributed by atoms with Gasteiger partial charge in [0.25, 0.3) is 0 Å². The highest BCUT2D eigenvalue weighted by atomic mass is 35.5. The van der Waals surface area contributed by atoms with E-state index in [0.29, 0.717) is 15.7 Å². The topological polar surface area (TPSA) is 42.0 Å². The van der Waals surface area contributed by atoms with Crippen molar-refractivity contribution in [3.63, 3.8) is 0 Å². The number of halogens is 1. The SMILES string of the molecule is CC(=O)c1ccc(C(=S)Nc2ccccc2Cl)cn1. The van der Waals surface area contributed by atoms with Crippen LogP contribution in [0.4, 0.5) is 5.69 Å². The molecular formula is C14H11ClN2OS. The van der Waals surface area contributed by atoms with Gasteiger partial charge in [-0.1, -0.05) is 36.0 Å². The van der Waals surface area contributed by atoms with Crippen molar-refractivity contribution < 1.29 is 4.79 Å². The molecule has 1 N–H and O–H groups in total. The van der Waals surface area contributed by atoms with Crippen molar-refractivity contribution in [3.05, 3.63) is 58.9 Å². The molecule has 96 valence electrons. The molecule has 0 amide bonds. The fourth-order valence-electron chi connectivity index (χ4n) is 1.49. The number of ketones is 1. The highest BCUT2D eigenvalue weighted by molar-refractivity contribution is 7.81.